The van der Waals surface area contributed by atoms with Crippen molar-refractivity contribution in [3.8, 4) is 0 Å². The molecule has 0 amide bonds. The van der Waals surface area contributed by atoms with E-state index in [1.165, 1.54) is 116 Å². The lowest BCUT2D eigenvalue weighted by atomic mass is 10.1. The van der Waals surface area contributed by atoms with Gasteiger partial charge in [0.05, 0.1) is 52.4 Å². The number of unbranched alkanes of at least 4 members (excludes halogenated alkanes) is 6. The van der Waals surface area contributed by atoms with Crippen LogP contribution in [0, 0.1) is 0 Å². The van der Waals surface area contributed by atoms with Gasteiger partial charge in [-0.2, -0.15) is 7.82 Å². The van der Waals surface area contributed by atoms with E-state index in [0.29, 0.717) is 15.5 Å². The lowest BCUT2D eigenvalue weighted by Gasteiger charge is -2.36. The van der Waals surface area contributed by atoms with E-state index in [2.05, 4.69) is 104 Å². The Kier molecular flexibility index (Phi) is 41.9. The quantitative estimate of drug-likeness (QED) is 0.0776. The zero-order valence-corrected chi connectivity index (χ0v) is 40.9. The van der Waals surface area contributed by atoms with Gasteiger partial charge in [0.15, 0.2) is 0 Å². The Morgan fingerprint density at radius 2 is 0.500 bits per heavy atom. The van der Waals surface area contributed by atoms with Crippen LogP contribution in [-0.4, -0.2) is 52.4 Å². The molecule has 0 N–H and O–H groups in total. The molecule has 0 saturated heterocycles. The second kappa shape index (κ2) is 36.1. The lowest BCUT2D eigenvalue weighted by Crippen LogP contribution is -2.24. The van der Waals surface area contributed by atoms with Crippen LogP contribution in [0.25, 0.3) is 0 Å². The third-order valence-corrected chi connectivity index (χ3v) is 22.7. The van der Waals surface area contributed by atoms with Crippen LogP contribution in [0.3, 0.4) is 0 Å². The first-order valence-corrected chi connectivity index (χ1v) is 28.7. The highest BCUT2D eigenvalue weighted by Gasteiger charge is 2.35. The summed E-state index contributed by atoms with van der Waals surface area (Å²) in [4.78, 5) is 25.6. The fourth-order valence-electron chi connectivity index (χ4n) is 7.15. The van der Waals surface area contributed by atoms with Gasteiger partial charge in [-0.15, -0.1) is 0 Å². The van der Waals surface area contributed by atoms with Crippen LogP contribution < -0.4 is 14.7 Å². The maximum atomic E-state index is 8.55. The smallest absolute Gasteiger partial charge is 0.0721 e. The summed E-state index contributed by atoms with van der Waals surface area (Å²) in [5.74, 6) is 0. The van der Waals surface area contributed by atoms with E-state index in [1.54, 1.807) is 37.0 Å². The van der Waals surface area contributed by atoms with E-state index in [9.17, 15) is 0 Å². The monoisotopic (exact) mass is 789 g/mol. The molecule has 0 atom stereocenters. The zero-order valence-electron chi connectivity index (χ0n) is 37.1. The predicted octanol–water partition coefficient (Wildman–Crippen LogP) is 13.3. The molecule has 0 aromatic rings. The highest BCUT2D eigenvalue weighted by atomic mass is 31.2. The molecule has 0 heterocycles. The van der Waals surface area contributed by atoms with Crippen molar-refractivity contribution in [3.63, 3.8) is 0 Å². The van der Waals surface area contributed by atoms with Gasteiger partial charge in [0.25, 0.3) is 0 Å². The second-order valence-corrected chi connectivity index (χ2v) is 28.4. The molecule has 50 heavy (non-hydrogen) atoms. The van der Waals surface area contributed by atoms with Crippen molar-refractivity contribution in [1.29, 1.82) is 0 Å². The summed E-state index contributed by atoms with van der Waals surface area (Å²) in [5.41, 5.74) is 0. The number of rotatable bonds is 27. The van der Waals surface area contributed by atoms with Crippen molar-refractivity contribution in [3.05, 3.63) is 0 Å². The molecule has 0 unspecified atom stereocenters. The number of hydrogen-bond acceptors (Lipinski definition) is 4. The normalized spacial score (nSPS) is 12.3. The van der Waals surface area contributed by atoms with E-state index in [4.69, 9.17) is 19.2 Å². The zero-order chi connectivity index (χ0) is 39.7. The Balaban J connectivity index is -0.000000296. The van der Waals surface area contributed by atoms with Crippen molar-refractivity contribution in [2.45, 2.75) is 235 Å². The van der Waals surface area contributed by atoms with Gasteiger partial charge in [0.2, 0.25) is 0 Å². The average Bonchev–Trinajstić information content (AvgIpc) is 3.00. The van der Waals surface area contributed by atoms with Gasteiger partial charge in [0, 0.05) is 23.8 Å². The molecule has 0 radical (unpaired) electrons. The minimum Gasteiger partial charge on any atom is -0.822 e. The fraction of sp³-hybridized carbons (Fsp3) is 1.00. The van der Waals surface area contributed by atoms with Crippen LogP contribution in [0.2, 0.25) is 0 Å². The van der Waals surface area contributed by atoms with Crippen molar-refractivity contribution in [1.82, 2.24) is 0 Å². The highest BCUT2D eigenvalue weighted by Crippen LogP contribution is 2.54. The van der Waals surface area contributed by atoms with Crippen LogP contribution in [0.15, 0.2) is 0 Å². The first-order chi connectivity index (χ1) is 23.2. The van der Waals surface area contributed by atoms with Gasteiger partial charge in [-0.05, 0) is 99.3 Å². The Labute approximate surface area is 321 Å². The molecule has 0 rings (SSSR count). The molecule has 0 bridgehead atoms. The van der Waals surface area contributed by atoms with E-state index in [-0.39, 0.29) is 23.8 Å². The largest absolute Gasteiger partial charge is 0.822 e. The van der Waals surface area contributed by atoms with Crippen molar-refractivity contribution < 1.29 is 19.2 Å². The Bertz CT molecular complexity index is 626. The van der Waals surface area contributed by atoms with E-state index < -0.39 is 7.82 Å². The van der Waals surface area contributed by atoms with Crippen LogP contribution in [-0.2, 0) is 4.57 Å². The lowest BCUT2D eigenvalue weighted by molar-refractivity contribution is -0.432. The topological polar surface area (TPSA) is 86.2 Å². The molecule has 0 aliphatic heterocycles. The average molecular weight is 789 g/mol. The molecule has 0 saturated carbocycles. The standard InChI is InChI=1S/3C14H31P.H3O4P/c3*1-6-9-12-15(13-10-7-2)14(4,5)11-8-3;1-5(2,3)4/h3*6-13H2,1-5H3;(H3,1,2,3,4). The Morgan fingerprint density at radius 1 is 0.360 bits per heavy atom. The molecule has 0 aliphatic rings. The molecule has 0 aromatic heterocycles. The first kappa shape index (κ1) is 58.1. The minimum absolute atomic E-state index is 0.109. The van der Waals surface area contributed by atoms with Gasteiger partial charge in [-0.1, -0.05) is 120 Å². The summed E-state index contributed by atoms with van der Waals surface area (Å²) >= 11 is 0. The summed E-state index contributed by atoms with van der Waals surface area (Å²) < 4.78 is 8.55. The van der Waals surface area contributed by atoms with Crippen LogP contribution in [0.1, 0.15) is 219 Å². The van der Waals surface area contributed by atoms with E-state index >= 15 is 0 Å². The third kappa shape index (κ3) is 37.7. The molecule has 0 fully saturated rings. The molecule has 0 aliphatic carbocycles. The van der Waals surface area contributed by atoms with Crippen LogP contribution in [0.4, 0.5) is 0 Å². The fourth-order valence-corrected chi connectivity index (χ4v) is 18.5. The minimum atomic E-state index is -5.39. The third-order valence-electron chi connectivity index (χ3n) is 10.5. The maximum Gasteiger partial charge on any atom is 0.0721 e. The van der Waals surface area contributed by atoms with Crippen LogP contribution >= 0.6 is 31.6 Å². The highest BCUT2D eigenvalue weighted by molar-refractivity contribution is 7.59. The van der Waals surface area contributed by atoms with E-state index in [1.807, 2.05) is 0 Å². The van der Waals surface area contributed by atoms with Crippen LogP contribution in [0.5, 0.6) is 0 Å². The van der Waals surface area contributed by atoms with Gasteiger partial charge in [0.1, 0.15) is 0 Å². The summed E-state index contributed by atoms with van der Waals surface area (Å²) in [6.45, 7) is 36.1. The van der Waals surface area contributed by atoms with Gasteiger partial charge < -0.3 is 19.2 Å². The van der Waals surface area contributed by atoms with Crippen molar-refractivity contribution >= 4 is 31.6 Å². The number of hydrogen-bond donors (Lipinski definition) is 0. The molecule has 0 aromatic carbocycles. The molecule has 4 nitrogen and oxygen atoms in total. The SMILES string of the molecule is CCCC[PH+](CCCC)C(C)(C)CCC.CCCC[PH+](CCCC)C(C)(C)CCC.CCCC[PH+](CCCC)C(C)(C)CCC.O=P([O-])([O-])[O-]. The Hall–Kier alpha value is 1.40. The van der Waals surface area contributed by atoms with Crippen molar-refractivity contribution in [2.24, 2.45) is 0 Å². The Morgan fingerprint density at radius 3 is 0.600 bits per heavy atom. The molecule has 308 valence electrons. The molecule has 8 heteroatoms. The molecule has 0 spiro atoms. The molecular weight excluding hydrogens is 692 g/mol. The second-order valence-electron chi connectivity index (χ2n) is 16.8. The maximum absolute atomic E-state index is 8.55. The first-order valence-electron chi connectivity index (χ1n) is 21.5. The summed E-state index contributed by atoms with van der Waals surface area (Å²) in [6.07, 6.45) is 34.7. The van der Waals surface area contributed by atoms with Gasteiger partial charge in [-0.3, -0.25) is 0 Å². The van der Waals surface area contributed by atoms with E-state index in [0.717, 1.165) is 0 Å². The summed E-state index contributed by atoms with van der Waals surface area (Å²) in [5, 5.41) is 2.01. The predicted molar refractivity (Wildman–Crippen MR) is 238 cm³/mol. The molecular formula is C42H96O4P4. The summed E-state index contributed by atoms with van der Waals surface area (Å²) in [6, 6.07) is 0. The number of phosphoric acid groups is 1. The summed E-state index contributed by atoms with van der Waals surface area (Å²) in [7, 11) is -5.71. The van der Waals surface area contributed by atoms with Gasteiger partial charge >= 0.3 is 0 Å². The van der Waals surface area contributed by atoms with Gasteiger partial charge in [-0.25, -0.2) is 0 Å². The van der Waals surface area contributed by atoms with Crippen molar-refractivity contribution in [2.75, 3.05) is 37.0 Å².